The number of ether oxygens (including phenoxy) is 3. The van der Waals surface area contributed by atoms with Crippen LogP contribution in [-0.4, -0.2) is 25.1 Å². The third-order valence-electron chi connectivity index (χ3n) is 3.67. The van der Waals surface area contributed by atoms with Gasteiger partial charge in [0.25, 0.3) is 0 Å². The average Bonchev–Trinajstić information content (AvgIpc) is 3.00. The zero-order valence-electron chi connectivity index (χ0n) is 14.8. The quantitative estimate of drug-likeness (QED) is 0.493. The van der Waals surface area contributed by atoms with Crippen LogP contribution in [0, 0.1) is 0 Å². The van der Waals surface area contributed by atoms with Crippen LogP contribution in [0.3, 0.4) is 0 Å². The van der Waals surface area contributed by atoms with E-state index in [-0.39, 0.29) is 11.6 Å². The summed E-state index contributed by atoms with van der Waals surface area (Å²) in [6.07, 6.45) is 1.61. The summed E-state index contributed by atoms with van der Waals surface area (Å²) < 4.78 is 16.4. The number of carbonyl (C=O) groups excluding carboxylic acids is 1. The molecule has 0 amide bonds. The molecule has 1 heterocycles. The van der Waals surface area contributed by atoms with Crippen LogP contribution in [0.4, 0.5) is 0 Å². The molecule has 1 aliphatic heterocycles. The van der Waals surface area contributed by atoms with Crippen molar-refractivity contribution in [3.05, 3.63) is 63.3 Å². The molecule has 0 unspecified atom stereocenters. The van der Waals surface area contributed by atoms with E-state index in [1.807, 2.05) is 13.8 Å². The van der Waals surface area contributed by atoms with Crippen molar-refractivity contribution in [1.29, 1.82) is 0 Å². The molecule has 5 nitrogen and oxygen atoms in total. The topological polar surface area (TPSA) is 57.1 Å². The van der Waals surface area contributed by atoms with Crippen LogP contribution >= 0.6 is 23.2 Å². The molecule has 0 saturated carbocycles. The largest absolute Gasteiger partial charge is 0.494 e. The van der Waals surface area contributed by atoms with Gasteiger partial charge in [-0.15, -0.1) is 0 Å². The molecule has 0 saturated heterocycles. The summed E-state index contributed by atoms with van der Waals surface area (Å²) in [5.41, 5.74) is 1.29. The predicted molar refractivity (Wildman–Crippen MR) is 106 cm³/mol. The minimum atomic E-state index is -0.572. The lowest BCUT2D eigenvalue weighted by molar-refractivity contribution is -0.129. The zero-order chi connectivity index (χ0) is 19.4. The number of cyclic esters (lactones) is 1. The maximum absolute atomic E-state index is 12.3. The van der Waals surface area contributed by atoms with E-state index >= 15 is 0 Å². The number of halogens is 2. The van der Waals surface area contributed by atoms with Gasteiger partial charge in [-0.05, 0) is 50.3 Å². The molecule has 0 bridgehead atoms. The van der Waals surface area contributed by atoms with Crippen LogP contribution < -0.4 is 9.47 Å². The summed E-state index contributed by atoms with van der Waals surface area (Å²) in [6, 6.07) is 10.2. The molecule has 0 fully saturated rings. The molecule has 140 valence electrons. The lowest BCUT2D eigenvalue weighted by Crippen LogP contribution is -2.06. The lowest BCUT2D eigenvalue weighted by atomic mass is 10.1. The zero-order valence-corrected chi connectivity index (χ0v) is 16.3. The van der Waals surface area contributed by atoms with E-state index in [4.69, 9.17) is 37.4 Å². The average molecular weight is 406 g/mol. The van der Waals surface area contributed by atoms with Crippen molar-refractivity contribution in [2.24, 2.45) is 4.99 Å². The Morgan fingerprint density at radius 1 is 1.07 bits per heavy atom. The summed E-state index contributed by atoms with van der Waals surface area (Å²) >= 11 is 12.2. The second kappa shape index (κ2) is 8.46. The second-order valence-corrected chi connectivity index (χ2v) is 6.37. The number of carbonyl (C=O) groups is 1. The number of rotatable bonds is 6. The second-order valence-electron chi connectivity index (χ2n) is 5.53. The first-order valence-corrected chi connectivity index (χ1v) is 9.15. The Morgan fingerprint density at radius 2 is 1.85 bits per heavy atom. The number of aliphatic imine (C=N–C) groups is 1. The van der Waals surface area contributed by atoms with E-state index in [1.54, 1.807) is 42.5 Å². The Hall–Kier alpha value is -2.50. The van der Waals surface area contributed by atoms with Gasteiger partial charge in [0.05, 0.1) is 23.8 Å². The van der Waals surface area contributed by atoms with Gasteiger partial charge in [0.1, 0.15) is 11.5 Å². The first kappa shape index (κ1) is 19.3. The van der Waals surface area contributed by atoms with Crippen molar-refractivity contribution in [2.75, 3.05) is 13.2 Å². The van der Waals surface area contributed by atoms with Gasteiger partial charge < -0.3 is 14.2 Å². The standard InChI is InChI=1S/C20H17Cl2NO4/c1-3-25-14-7-5-12(18(11-14)26-4-2)9-17-20(24)27-19(23-17)15-10-13(21)6-8-16(15)22/h5-11H,3-4H2,1-2H3. The first-order valence-electron chi connectivity index (χ1n) is 8.39. The van der Waals surface area contributed by atoms with E-state index < -0.39 is 5.97 Å². The van der Waals surface area contributed by atoms with Crippen LogP contribution in [0.2, 0.25) is 10.0 Å². The molecule has 0 radical (unpaired) electrons. The van der Waals surface area contributed by atoms with Gasteiger partial charge in [-0.25, -0.2) is 9.79 Å². The van der Waals surface area contributed by atoms with Crippen molar-refractivity contribution in [2.45, 2.75) is 13.8 Å². The summed E-state index contributed by atoms with van der Waals surface area (Å²) in [6.45, 7) is 4.81. The van der Waals surface area contributed by atoms with Crippen molar-refractivity contribution in [3.8, 4) is 11.5 Å². The molecule has 2 aromatic carbocycles. The van der Waals surface area contributed by atoms with Crippen LogP contribution in [0.15, 0.2) is 47.1 Å². The molecule has 0 N–H and O–H groups in total. The molecule has 0 spiro atoms. The molecule has 0 aliphatic carbocycles. The maximum atomic E-state index is 12.3. The number of hydrogen-bond acceptors (Lipinski definition) is 5. The number of nitrogens with zero attached hydrogens (tertiary/aromatic N) is 1. The van der Waals surface area contributed by atoms with E-state index in [0.717, 1.165) is 0 Å². The molecule has 2 aromatic rings. The van der Waals surface area contributed by atoms with Crippen molar-refractivity contribution >= 4 is 41.1 Å². The molecule has 1 aliphatic rings. The molecule has 0 aromatic heterocycles. The molecular weight excluding hydrogens is 389 g/mol. The molecule has 7 heteroatoms. The molecular formula is C20H17Cl2NO4. The monoisotopic (exact) mass is 405 g/mol. The maximum Gasteiger partial charge on any atom is 0.363 e. The minimum Gasteiger partial charge on any atom is -0.494 e. The third kappa shape index (κ3) is 4.43. The Labute approximate surface area is 167 Å². The van der Waals surface area contributed by atoms with Gasteiger partial charge in [0, 0.05) is 16.7 Å². The fourth-order valence-electron chi connectivity index (χ4n) is 2.50. The van der Waals surface area contributed by atoms with Gasteiger partial charge in [0.2, 0.25) is 5.90 Å². The van der Waals surface area contributed by atoms with E-state index in [9.17, 15) is 4.79 Å². The number of benzene rings is 2. The fraction of sp³-hybridized carbons (Fsp3) is 0.200. The summed E-state index contributed by atoms with van der Waals surface area (Å²) in [4.78, 5) is 16.5. The highest BCUT2D eigenvalue weighted by Crippen LogP contribution is 2.30. The molecule has 3 rings (SSSR count). The Bertz CT molecular complexity index is 938. The van der Waals surface area contributed by atoms with E-state index in [0.29, 0.717) is 45.9 Å². The predicted octanol–water partition coefficient (Wildman–Crippen LogP) is 5.14. The summed E-state index contributed by atoms with van der Waals surface area (Å²) in [5, 5.41) is 0.860. The first-order chi connectivity index (χ1) is 13.0. The van der Waals surface area contributed by atoms with Crippen LogP contribution in [-0.2, 0) is 9.53 Å². The van der Waals surface area contributed by atoms with Gasteiger partial charge >= 0.3 is 5.97 Å². The van der Waals surface area contributed by atoms with Gasteiger partial charge in [0.15, 0.2) is 5.70 Å². The summed E-state index contributed by atoms with van der Waals surface area (Å²) in [5.74, 6) is 0.820. The Kier molecular flexibility index (Phi) is 6.04. The highest BCUT2D eigenvalue weighted by Gasteiger charge is 2.26. The fourth-order valence-corrected chi connectivity index (χ4v) is 2.87. The van der Waals surface area contributed by atoms with Gasteiger partial charge in [-0.3, -0.25) is 0 Å². The van der Waals surface area contributed by atoms with E-state index in [2.05, 4.69) is 4.99 Å². The number of hydrogen-bond donors (Lipinski definition) is 0. The minimum absolute atomic E-state index is 0.114. The van der Waals surface area contributed by atoms with Crippen LogP contribution in [0.5, 0.6) is 11.5 Å². The van der Waals surface area contributed by atoms with E-state index in [1.165, 1.54) is 0 Å². The summed E-state index contributed by atoms with van der Waals surface area (Å²) in [7, 11) is 0. The number of esters is 1. The smallest absolute Gasteiger partial charge is 0.363 e. The highest BCUT2D eigenvalue weighted by atomic mass is 35.5. The molecule has 27 heavy (non-hydrogen) atoms. The van der Waals surface area contributed by atoms with Gasteiger partial charge in [-0.1, -0.05) is 23.2 Å². The third-order valence-corrected chi connectivity index (χ3v) is 4.23. The Balaban J connectivity index is 1.98. The van der Waals surface area contributed by atoms with Crippen molar-refractivity contribution in [3.63, 3.8) is 0 Å². The Morgan fingerprint density at radius 3 is 2.59 bits per heavy atom. The molecule has 0 atom stereocenters. The van der Waals surface area contributed by atoms with Crippen LogP contribution in [0.25, 0.3) is 6.08 Å². The van der Waals surface area contributed by atoms with Crippen LogP contribution in [0.1, 0.15) is 25.0 Å². The van der Waals surface area contributed by atoms with Crippen molar-refractivity contribution < 1.29 is 19.0 Å². The van der Waals surface area contributed by atoms with Crippen molar-refractivity contribution in [1.82, 2.24) is 0 Å². The normalized spacial score (nSPS) is 14.9. The SMILES string of the molecule is CCOc1ccc(C=C2N=C(c3cc(Cl)ccc3Cl)OC2=O)c(OCC)c1. The highest BCUT2D eigenvalue weighted by molar-refractivity contribution is 6.36. The van der Waals surface area contributed by atoms with Gasteiger partial charge in [-0.2, -0.15) is 0 Å². The lowest BCUT2D eigenvalue weighted by Gasteiger charge is -2.10.